The van der Waals surface area contributed by atoms with Gasteiger partial charge in [-0.2, -0.15) is 0 Å². The molecule has 2 nitrogen and oxygen atoms in total. The number of hydrogen-bond acceptors (Lipinski definition) is 1. The lowest BCUT2D eigenvalue weighted by atomic mass is 9.65. The molecule has 1 amide bonds. The van der Waals surface area contributed by atoms with Gasteiger partial charge in [-0.25, -0.2) is 0 Å². The molecule has 0 aromatic heterocycles. The monoisotopic (exact) mass is 205 g/mol. The van der Waals surface area contributed by atoms with E-state index in [-0.39, 0.29) is 11.2 Å². The van der Waals surface area contributed by atoms with Gasteiger partial charge in [0, 0.05) is 19.5 Å². The molecule has 1 saturated heterocycles. The van der Waals surface area contributed by atoms with Crippen LogP contribution in [0.25, 0.3) is 0 Å². The predicted molar refractivity (Wildman–Crippen MR) is 61.8 cm³/mol. The highest BCUT2D eigenvalue weighted by Gasteiger charge is 2.38. The van der Waals surface area contributed by atoms with Crippen LogP contribution in [0.4, 0.5) is 0 Å². The second-order valence-corrected chi connectivity index (χ2v) is 5.65. The molecule has 2 fully saturated rings. The van der Waals surface area contributed by atoms with Gasteiger partial charge < -0.3 is 4.90 Å². The van der Waals surface area contributed by atoms with Crippen molar-refractivity contribution < 1.29 is 4.79 Å². The van der Waals surface area contributed by atoms with E-state index in [2.05, 4.69) is 6.92 Å². The third-order valence-electron chi connectivity index (χ3n) is 4.21. The van der Waals surface area contributed by atoms with Crippen LogP contribution in [0.5, 0.6) is 0 Å². The number of fused-ring (bicyclic) bond motifs is 1. The molecule has 0 bridgehead atoms. The minimum absolute atomic E-state index is 0.0454. The van der Waals surface area contributed by atoms with Crippen LogP contribution in [-0.4, -0.2) is 32.2 Å². The number of amides is 1. The Labute approximate surface area is 93.8 Å². The largest absolute Gasteiger partial charge is 0.346 e. The van der Waals surface area contributed by atoms with E-state index in [1.165, 1.54) is 6.42 Å². The van der Waals surface area contributed by atoms with Gasteiger partial charge in [-0.05, 0) is 25.2 Å². The molecule has 1 heterocycles. The summed E-state index contributed by atoms with van der Waals surface area (Å²) < 4.78 is 0. The van der Waals surface area contributed by atoms with Gasteiger partial charge in [-0.1, -0.05) is 25.1 Å². The molecule has 2 aliphatic rings. The van der Waals surface area contributed by atoms with Crippen molar-refractivity contribution in [3.8, 4) is 0 Å². The Morgan fingerprint density at radius 3 is 2.73 bits per heavy atom. The Hall–Kier alpha value is -0.465. The minimum Gasteiger partial charge on any atom is -0.346 e. The maximum atomic E-state index is 12.0. The molecular weight excluding hydrogens is 185 g/mol. The summed E-state index contributed by atoms with van der Waals surface area (Å²) in [5, 5.41) is -0.0454. The average Bonchev–Trinajstić information content (AvgIpc) is 2.32. The fraction of sp³-hybridized carbons (Fsp3) is 0.917. The van der Waals surface area contributed by atoms with Gasteiger partial charge in [0.05, 0.1) is 7.85 Å². The first kappa shape index (κ1) is 11.0. The minimum atomic E-state index is -0.0454. The van der Waals surface area contributed by atoms with Crippen LogP contribution in [-0.2, 0) is 4.79 Å². The molecule has 1 aliphatic carbocycles. The number of carbonyl (C=O) groups excluding carboxylic acids is 1. The van der Waals surface area contributed by atoms with Crippen LogP contribution >= 0.6 is 0 Å². The first-order chi connectivity index (χ1) is 6.99. The summed E-state index contributed by atoms with van der Waals surface area (Å²) >= 11 is 0. The van der Waals surface area contributed by atoms with E-state index in [9.17, 15) is 4.79 Å². The van der Waals surface area contributed by atoms with Crippen molar-refractivity contribution in [2.45, 2.75) is 44.3 Å². The summed E-state index contributed by atoms with van der Waals surface area (Å²) in [5.41, 5.74) is 0. The van der Waals surface area contributed by atoms with E-state index in [0.717, 1.165) is 32.2 Å². The van der Waals surface area contributed by atoms with E-state index >= 15 is 0 Å². The van der Waals surface area contributed by atoms with E-state index < -0.39 is 0 Å². The summed E-state index contributed by atoms with van der Waals surface area (Å²) in [4.78, 5) is 13.9. The smallest absolute Gasteiger partial charge is 0.225 e. The van der Waals surface area contributed by atoms with E-state index in [4.69, 9.17) is 7.85 Å². The van der Waals surface area contributed by atoms with E-state index in [1.807, 2.05) is 11.9 Å². The molecule has 3 heteroatoms. The molecule has 0 aromatic carbocycles. The van der Waals surface area contributed by atoms with Gasteiger partial charge in [0.1, 0.15) is 0 Å². The lowest BCUT2D eigenvalue weighted by Gasteiger charge is -2.35. The van der Waals surface area contributed by atoms with Crippen LogP contribution in [0.3, 0.4) is 0 Å². The third kappa shape index (κ3) is 2.21. The van der Waals surface area contributed by atoms with Crippen molar-refractivity contribution in [2.75, 3.05) is 13.6 Å². The normalized spacial score (nSPS) is 42.3. The van der Waals surface area contributed by atoms with Crippen LogP contribution in [0.2, 0.25) is 5.31 Å². The molecule has 0 aromatic rings. The molecule has 2 unspecified atom stereocenters. The highest BCUT2D eigenvalue weighted by molar-refractivity contribution is 6.14. The third-order valence-corrected chi connectivity index (χ3v) is 4.21. The number of carbonyl (C=O) groups is 1. The van der Waals surface area contributed by atoms with Gasteiger partial charge in [0.25, 0.3) is 0 Å². The molecule has 3 atom stereocenters. The summed E-state index contributed by atoms with van der Waals surface area (Å²) in [6.07, 6.45) is 5.36. The van der Waals surface area contributed by atoms with Gasteiger partial charge in [-0.3, -0.25) is 4.79 Å². The van der Waals surface area contributed by atoms with Crippen molar-refractivity contribution in [3.63, 3.8) is 0 Å². The molecule has 2 rings (SSSR count). The Morgan fingerprint density at radius 1 is 1.33 bits per heavy atom. The molecule has 15 heavy (non-hydrogen) atoms. The van der Waals surface area contributed by atoms with Crippen LogP contribution in [0, 0.1) is 11.8 Å². The molecule has 82 valence electrons. The van der Waals surface area contributed by atoms with Gasteiger partial charge in [0.2, 0.25) is 5.91 Å². The number of likely N-dealkylation sites (tertiary alicyclic amines) is 1. The average molecular weight is 205 g/mol. The van der Waals surface area contributed by atoms with Crippen molar-refractivity contribution >= 4 is 13.8 Å². The van der Waals surface area contributed by atoms with Gasteiger partial charge in [-0.15, -0.1) is 0 Å². The Morgan fingerprint density at radius 2 is 2.00 bits per heavy atom. The highest BCUT2D eigenvalue weighted by Crippen LogP contribution is 2.44. The van der Waals surface area contributed by atoms with Gasteiger partial charge in [0.15, 0.2) is 0 Å². The molecular formula is C12H20BNO. The second-order valence-electron chi connectivity index (χ2n) is 5.65. The zero-order valence-corrected chi connectivity index (χ0v) is 9.83. The molecule has 1 aliphatic heterocycles. The number of piperidine rings is 1. The SMILES string of the molecule is [B][C@]1(C)CCC2CCN(C)C(=O)C2CC1. The summed E-state index contributed by atoms with van der Waals surface area (Å²) in [6, 6.07) is 0. The van der Waals surface area contributed by atoms with Crippen LogP contribution < -0.4 is 0 Å². The second kappa shape index (κ2) is 3.84. The first-order valence-electron chi connectivity index (χ1n) is 6.03. The maximum absolute atomic E-state index is 12.0. The topological polar surface area (TPSA) is 20.3 Å². The number of hydrogen-bond donors (Lipinski definition) is 0. The Balaban J connectivity index is 2.10. The number of rotatable bonds is 0. The summed E-state index contributed by atoms with van der Waals surface area (Å²) in [7, 11) is 8.11. The Kier molecular flexibility index (Phi) is 2.82. The van der Waals surface area contributed by atoms with Crippen molar-refractivity contribution in [3.05, 3.63) is 0 Å². The molecule has 0 spiro atoms. The maximum Gasteiger partial charge on any atom is 0.225 e. The summed E-state index contributed by atoms with van der Waals surface area (Å²) in [5.74, 6) is 1.21. The van der Waals surface area contributed by atoms with Crippen molar-refractivity contribution in [2.24, 2.45) is 11.8 Å². The van der Waals surface area contributed by atoms with Crippen molar-refractivity contribution in [1.82, 2.24) is 4.90 Å². The summed E-state index contributed by atoms with van der Waals surface area (Å²) in [6.45, 7) is 3.06. The highest BCUT2D eigenvalue weighted by atomic mass is 16.2. The van der Waals surface area contributed by atoms with Crippen molar-refractivity contribution in [1.29, 1.82) is 0 Å². The molecule has 0 N–H and O–H groups in total. The van der Waals surface area contributed by atoms with Crippen LogP contribution in [0.1, 0.15) is 39.0 Å². The standard InChI is InChI=1S/C12H20BNO/c1-12(13)6-3-9-5-8-14(2)11(15)10(9)4-7-12/h9-10H,3-8H2,1-2H3/t9?,10?,12-/m1/s1. The van der Waals surface area contributed by atoms with Crippen LogP contribution in [0.15, 0.2) is 0 Å². The zero-order valence-electron chi connectivity index (χ0n) is 9.83. The molecule has 1 saturated carbocycles. The predicted octanol–water partition coefficient (Wildman–Crippen LogP) is 2.00. The quantitative estimate of drug-likeness (QED) is 0.554. The number of nitrogens with zero attached hydrogens (tertiary/aromatic N) is 1. The lowest BCUT2D eigenvalue weighted by Crippen LogP contribution is -2.42. The fourth-order valence-corrected chi connectivity index (χ4v) is 2.99. The van der Waals surface area contributed by atoms with Gasteiger partial charge >= 0.3 is 0 Å². The Bertz CT molecular complexity index is 264. The first-order valence-corrected chi connectivity index (χ1v) is 6.03. The lowest BCUT2D eigenvalue weighted by molar-refractivity contribution is -0.139. The fourth-order valence-electron chi connectivity index (χ4n) is 2.99. The zero-order chi connectivity index (χ0) is 11.1. The van der Waals surface area contributed by atoms with E-state index in [1.54, 1.807) is 0 Å². The van der Waals surface area contributed by atoms with E-state index in [0.29, 0.717) is 11.8 Å². The molecule has 2 radical (unpaired) electrons.